The fraction of sp³-hybridized carbons (Fsp3) is 0.381. The van der Waals surface area contributed by atoms with Crippen molar-refractivity contribution in [2.45, 2.75) is 12.8 Å². The summed E-state index contributed by atoms with van der Waals surface area (Å²) in [4.78, 5) is 19.4. The second-order valence-electron chi connectivity index (χ2n) is 6.98. The Labute approximate surface area is 160 Å². The van der Waals surface area contributed by atoms with E-state index in [1.165, 1.54) is 11.3 Å². The van der Waals surface area contributed by atoms with Crippen LogP contribution in [0.4, 0.5) is 11.4 Å². The lowest BCUT2D eigenvalue weighted by atomic mass is 10.2. The van der Waals surface area contributed by atoms with Crippen LogP contribution in [0.3, 0.4) is 0 Å². The molecule has 0 N–H and O–H groups in total. The number of hydrogen-bond acceptors (Lipinski definition) is 3. The van der Waals surface area contributed by atoms with E-state index in [0.29, 0.717) is 6.42 Å². The molecule has 0 bridgehead atoms. The van der Waals surface area contributed by atoms with Crippen molar-refractivity contribution in [2.75, 3.05) is 49.1 Å². The zero-order chi connectivity index (χ0) is 17.9. The molecule has 1 amide bonds. The van der Waals surface area contributed by atoms with Gasteiger partial charge in [-0.3, -0.25) is 9.69 Å². The first-order valence-electron chi connectivity index (χ1n) is 9.32. The van der Waals surface area contributed by atoms with Crippen LogP contribution in [0, 0.1) is 0 Å². The lowest BCUT2D eigenvalue weighted by Gasteiger charge is -2.36. The molecular formula is C21H24ClN3O. The first-order chi connectivity index (χ1) is 12.7. The van der Waals surface area contributed by atoms with Gasteiger partial charge < -0.3 is 9.80 Å². The Bertz CT molecular complexity index is 786. The van der Waals surface area contributed by atoms with Crippen LogP contribution in [0.5, 0.6) is 0 Å². The van der Waals surface area contributed by atoms with E-state index < -0.39 is 0 Å². The van der Waals surface area contributed by atoms with Crippen LogP contribution in [-0.4, -0.2) is 50.1 Å². The smallest absolute Gasteiger partial charge is 0.228 e. The van der Waals surface area contributed by atoms with Gasteiger partial charge in [0.1, 0.15) is 0 Å². The number of carbonyl (C=O) groups is 1. The summed E-state index contributed by atoms with van der Waals surface area (Å²) in [6.07, 6.45) is 1.56. The molecule has 2 heterocycles. The highest BCUT2D eigenvalue weighted by atomic mass is 35.5. The van der Waals surface area contributed by atoms with Gasteiger partial charge in [-0.1, -0.05) is 35.9 Å². The van der Waals surface area contributed by atoms with Crippen molar-refractivity contribution >= 4 is 28.9 Å². The quantitative estimate of drug-likeness (QED) is 0.826. The molecule has 4 nitrogen and oxygen atoms in total. The Morgan fingerprint density at radius 2 is 1.77 bits per heavy atom. The molecule has 136 valence electrons. The Morgan fingerprint density at radius 3 is 2.58 bits per heavy atom. The van der Waals surface area contributed by atoms with Crippen LogP contribution in [0.2, 0.25) is 5.02 Å². The number of benzene rings is 2. The number of carbonyl (C=O) groups excluding carboxylic acids is 1. The van der Waals surface area contributed by atoms with Crippen LogP contribution in [0.25, 0.3) is 0 Å². The summed E-state index contributed by atoms with van der Waals surface area (Å²) < 4.78 is 0. The third-order valence-corrected chi connectivity index (χ3v) is 5.61. The van der Waals surface area contributed by atoms with Crippen LogP contribution < -0.4 is 9.80 Å². The topological polar surface area (TPSA) is 26.8 Å². The van der Waals surface area contributed by atoms with Crippen LogP contribution in [0.15, 0.2) is 48.5 Å². The van der Waals surface area contributed by atoms with Crippen LogP contribution >= 0.6 is 11.6 Å². The maximum atomic E-state index is 12.6. The van der Waals surface area contributed by atoms with E-state index in [4.69, 9.17) is 11.6 Å². The van der Waals surface area contributed by atoms with Crippen LogP contribution in [0.1, 0.15) is 12.0 Å². The lowest BCUT2D eigenvalue weighted by Crippen LogP contribution is -2.47. The number of anilines is 2. The van der Waals surface area contributed by atoms with Gasteiger partial charge in [-0.15, -0.1) is 0 Å². The molecule has 1 fully saturated rings. The van der Waals surface area contributed by atoms with E-state index in [2.05, 4.69) is 28.0 Å². The molecule has 0 spiro atoms. The predicted molar refractivity (Wildman–Crippen MR) is 107 cm³/mol. The van der Waals surface area contributed by atoms with Gasteiger partial charge >= 0.3 is 0 Å². The molecule has 2 aliphatic rings. The molecule has 0 unspecified atom stereocenters. The average Bonchev–Trinajstić information content (AvgIpc) is 3.11. The number of halogens is 1. The molecule has 2 aromatic rings. The van der Waals surface area contributed by atoms with Crippen molar-refractivity contribution in [1.82, 2.24) is 4.90 Å². The van der Waals surface area contributed by atoms with Gasteiger partial charge in [0, 0.05) is 62.1 Å². The lowest BCUT2D eigenvalue weighted by molar-refractivity contribution is -0.118. The SMILES string of the molecule is O=C(CCN1CCN(c2cccc(Cl)c2)CC1)N1CCc2ccccc21. The minimum atomic E-state index is 0.243. The standard InChI is InChI=1S/C21H24ClN3O/c22-18-5-3-6-19(16-18)24-14-12-23(13-15-24)10-9-21(26)25-11-8-17-4-1-2-7-20(17)25/h1-7,16H,8-15H2. The maximum Gasteiger partial charge on any atom is 0.228 e. The zero-order valence-corrected chi connectivity index (χ0v) is 15.7. The molecule has 2 aliphatic heterocycles. The summed E-state index contributed by atoms with van der Waals surface area (Å²) in [6.45, 7) is 5.57. The van der Waals surface area contributed by atoms with Gasteiger partial charge in [-0.2, -0.15) is 0 Å². The van der Waals surface area contributed by atoms with Gasteiger partial charge in [0.05, 0.1) is 0 Å². The number of hydrogen-bond donors (Lipinski definition) is 0. The summed E-state index contributed by atoms with van der Waals surface area (Å²) in [5.41, 5.74) is 3.57. The number of amides is 1. The molecule has 0 atom stereocenters. The van der Waals surface area contributed by atoms with Gasteiger partial charge in [-0.25, -0.2) is 0 Å². The largest absolute Gasteiger partial charge is 0.369 e. The monoisotopic (exact) mass is 369 g/mol. The van der Waals surface area contributed by atoms with E-state index in [0.717, 1.165) is 56.4 Å². The van der Waals surface area contributed by atoms with Crippen LogP contribution in [-0.2, 0) is 11.2 Å². The molecule has 0 aliphatic carbocycles. The van der Waals surface area contributed by atoms with Crippen molar-refractivity contribution in [1.29, 1.82) is 0 Å². The van der Waals surface area contributed by atoms with Crippen molar-refractivity contribution in [2.24, 2.45) is 0 Å². The Morgan fingerprint density at radius 1 is 0.962 bits per heavy atom. The Hall–Kier alpha value is -2.04. The summed E-state index contributed by atoms with van der Waals surface area (Å²) in [6, 6.07) is 16.3. The van der Waals surface area contributed by atoms with Gasteiger partial charge in [0.15, 0.2) is 0 Å². The third-order valence-electron chi connectivity index (χ3n) is 5.38. The number of rotatable bonds is 4. The molecule has 26 heavy (non-hydrogen) atoms. The van der Waals surface area contributed by atoms with Crippen molar-refractivity contribution in [3.8, 4) is 0 Å². The third kappa shape index (κ3) is 3.71. The van der Waals surface area contributed by atoms with Gasteiger partial charge in [0.2, 0.25) is 5.91 Å². The molecule has 1 saturated heterocycles. The fourth-order valence-corrected chi connectivity index (χ4v) is 4.07. The van der Waals surface area contributed by atoms with E-state index in [1.54, 1.807) is 0 Å². The highest BCUT2D eigenvalue weighted by Crippen LogP contribution is 2.28. The molecule has 0 aromatic heterocycles. The Balaban J connectivity index is 1.27. The number of para-hydroxylation sites is 1. The summed E-state index contributed by atoms with van der Waals surface area (Å²) in [5.74, 6) is 0.243. The first-order valence-corrected chi connectivity index (χ1v) is 9.70. The van der Waals surface area contributed by atoms with E-state index in [1.807, 2.05) is 35.2 Å². The molecule has 2 aromatic carbocycles. The van der Waals surface area contributed by atoms with E-state index in [9.17, 15) is 4.79 Å². The minimum Gasteiger partial charge on any atom is -0.369 e. The number of nitrogens with zero attached hydrogens (tertiary/aromatic N) is 3. The normalized spacial score (nSPS) is 17.4. The first kappa shape index (κ1) is 17.4. The highest BCUT2D eigenvalue weighted by Gasteiger charge is 2.25. The summed E-state index contributed by atoms with van der Waals surface area (Å²) >= 11 is 6.10. The molecule has 0 radical (unpaired) electrons. The Kier molecular flexibility index (Phi) is 5.14. The van der Waals surface area contributed by atoms with Crippen molar-refractivity contribution in [3.63, 3.8) is 0 Å². The van der Waals surface area contributed by atoms with Gasteiger partial charge in [-0.05, 0) is 36.2 Å². The zero-order valence-electron chi connectivity index (χ0n) is 14.9. The van der Waals surface area contributed by atoms with Crippen molar-refractivity contribution < 1.29 is 4.79 Å². The number of piperazine rings is 1. The average molecular weight is 370 g/mol. The second-order valence-corrected chi connectivity index (χ2v) is 7.42. The van der Waals surface area contributed by atoms with E-state index >= 15 is 0 Å². The molecule has 5 heteroatoms. The predicted octanol–water partition coefficient (Wildman–Crippen LogP) is 3.44. The molecular weight excluding hydrogens is 346 g/mol. The minimum absolute atomic E-state index is 0.243. The number of fused-ring (bicyclic) bond motifs is 1. The highest BCUT2D eigenvalue weighted by molar-refractivity contribution is 6.30. The van der Waals surface area contributed by atoms with Gasteiger partial charge in [0.25, 0.3) is 0 Å². The second kappa shape index (κ2) is 7.68. The molecule has 0 saturated carbocycles. The maximum absolute atomic E-state index is 12.6. The fourth-order valence-electron chi connectivity index (χ4n) is 3.89. The summed E-state index contributed by atoms with van der Waals surface area (Å²) in [7, 11) is 0. The van der Waals surface area contributed by atoms with Crippen molar-refractivity contribution in [3.05, 3.63) is 59.1 Å². The summed E-state index contributed by atoms with van der Waals surface area (Å²) in [5, 5.41) is 0.779. The molecule has 4 rings (SSSR count). The van der Waals surface area contributed by atoms with E-state index in [-0.39, 0.29) is 5.91 Å².